The number of benzene rings is 1. The summed E-state index contributed by atoms with van der Waals surface area (Å²) < 4.78 is 15.4. The predicted octanol–water partition coefficient (Wildman–Crippen LogP) is 4.55. The standard InChI is InChI=1S/C23H24FN5O/c1-15(2)7-10-25-23-26-11-8-19(27-23)22-21(17-3-5-18(24)6-4-17)28-20-13-16(14-30)9-12-29(20)22/h3-6,8-9,11-13,15,30H,7,10,14H2,1-2H3,(H,25,26,27). The van der Waals surface area contributed by atoms with E-state index in [1.54, 1.807) is 18.3 Å². The highest BCUT2D eigenvalue weighted by atomic mass is 19.1. The molecule has 30 heavy (non-hydrogen) atoms. The zero-order valence-corrected chi connectivity index (χ0v) is 17.0. The summed E-state index contributed by atoms with van der Waals surface area (Å²) in [6.07, 6.45) is 4.61. The lowest BCUT2D eigenvalue weighted by Gasteiger charge is -2.09. The number of rotatable bonds is 7. The number of anilines is 1. The van der Waals surface area contributed by atoms with Gasteiger partial charge in [-0.3, -0.25) is 4.40 Å². The number of aliphatic hydroxyl groups excluding tert-OH is 1. The third-order valence-corrected chi connectivity index (χ3v) is 4.89. The van der Waals surface area contributed by atoms with E-state index in [4.69, 9.17) is 9.97 Å². The van der Waals surface area contributed by atoms with Crippen molar-refractivity contribution in [3.05, 3.63) is 66.2 Å². The lowest BCUT2D eigenvalue weighted by atomic mass is 10.1. The first kappa shape index (κ1) is 20.0. The largest absolute Gasteiger partial charge is 0.392 e. The van der Waals surface area contributed by atoms with Crippen LogP contribution in [-0.2, 0) is 6.61 Å². The second-order valence-corrected chi connectivity index (χ2v) is 7.61. The van der Waals surface area contributed by atoms with Gasteiger partial charge in [0.15, 0.2) is 0 Å². The number of nitrogens with one attached hydrogen (secondary N) is 1. The lowest BCUT2D eigenvalue weighted by molar-refractivity contribution is 0.282. The maximum atomic E-state index is 13.5. The van der Waals surface area contributed by atoms with E-state index in [1.807, 2.05) is 28.8 Å². The summed E-state index contributed by atoms with van der Waals surface area (Å²) >= 11 is 0. The first-order valence-electron chi connectivity index (χ1n) is 10.00. The number of fused-ring (bicyclic) bond motifs is 1. The minimum atomic E-state index is -0.301. The van der Waals surface area contributed by atoms with Crippen molar-refractivity contribution in [1.82, 2.24) is 19.4 Å². The lowest BCUT2D eigenvalue weighted by Crippen LogP contribution is -2.08. The quantitative estimate of drug-likeness (QED) is 0.472. The van der Waals surface area contributed by atoms with E-state index >= 15 is 0 Å². The van der Waals surface area contributed by atoms with Crippen molar-refractivity contribution < 1.29 is 9.50 Å². The summed E-state index contributed by atoms with van der Waals surface area (Å²) in [6.45, 7) is 5.07. The number of aromatic nitrogens is 4. The Bertz CT molecular complexity index is 1150. The molecule has 3 heterocycles. The molecule has 3 aromatic heterocycles. The van der Waals surface area contributed by atoms with Crippen molar-refractivity contribution in [2.75, 3.05) is 11.9 Å². The highest BCUT2D eigenvalue weighted by Crippen LogP contribution is 2.32. The second-order valence-electron chi connectivity index (χ2n) is 7.61. The van der Waals surface area contributed by atoms with Gasteiger partial charge in [0.05, 0.1) is 23.7 Å². The minimum Gasteiger partial charge on any atom is -0.392 e. The van der Waals surface area contributed by atoms with Crippen molar-refractivity contribution in [2.45, 2.75) is 26.9 Å². The van der Waals surface area contributed by atoms with E-state index in [0.29, 0.717) is 28.9 Å². The van der Waals surface area contributed by atoms with Gasteiger partial charge in [0.2, 0.25) is 5.95 Å². The molecule has 0 unspecified atom stereocenters. The van der Waals surface area contributed by atoms with Crippen LogP contribution in [0.25, 0.3) is 28.3 Å². The normalized spacial score (nSPS) is 11.4. The minimum absolute atomic E-state index is 0.0675. The summed E-state index contributed by atoms with van der Waals surface area (Å²) in [4.78, 5) is 13.8. The number of aliphatic hydroxyl groups is 1. The Morgan fingerprint density at radius 2 is 1.90 bits per heavy atom. The fraction of sp³-hybridized carbons (Fsp3) is 0.261. The molecule has 0 amide bonds. The van der Waals surface area contributed by atoms with Crippen LogP contribution in [0.4, 0.5) is 10.3 Å². The molecule has 0 aliphatic rings. The van der Waals surface area contributed by atoms with Crippen molar-refractivity contribution in [3.63, 3.8) is 0 Å². The van der Waals surface area contributed by atoms with E-state index in [2.05, 4.69) is 24.1 Å². The van der Waals surface area contributed by atoms with Crippen molar-refractivity contribution in [1.29, 1.82) is 0 Å². The second kappa shape index (κ2) is 8.59. The van der Waals surface area contributed by atoms with E-state index in [0.717, 1.165) is 29.8 Å². The molecule has 0 aliphatic carbocycles. The first-order valence-corrected chi connectivity index (χ1v) is 10.00. The fourth-order valence-corrected chi connectivity index (χ4v) is 3.29. The molecule has 4 aromatic rings. The van der Waals surface area contributed by atoms with Crippen LogP contribution in [0, 0.1) is 11.7 Å². The molecular formula is C23H24FN5O. The topological polar surface area (TPSA) is 75.3 Å². The number of halogens is 1. The Labute approximate surface area is 174 Å². The van der Waals surface area contributed by atoms with Crippen LogP contribution in [0.5, 0.6) is 0 Å². The fourth-order valence-electron chi connectivity index (χ4n) is 3.29. The smallest absolute Gasteiger partial charge is 0.223 e. The van der Waals surface area contributed by atoms with Gasteiger partial charge in [-0.05, 0) is 60.4 Å². The van der Waals surface area contributed by atoms with Crippen LogP contribution >= 0.6 is 0 Å². The summed E-state index contributed by atoms with van der Waals surface area (Å²) in [5.74, 6) is 0.843. The average molecular weight is 405 g/mol. The summed E-state index contributed by atoms with van der Waals surface area (Å²) in [6, 6.07) is 11.8. The summed E-state index contributed by atoms with van der Waals surface area (Å²) in [5, 5.41) is 12.8. The molecule has 0 bridgehead atoms. The number of pyridine rings is 1. The first-order chi connectivity index (χ1) is 14.5. The SMILES string of the molecule is CC(C)CCNc1nccc(-c2c(-c3ccc(F)cc3)nc3cc(CO)ccn23)n1. The Kier molecular flexibility index (Phi) is 5.72. The van der Waals surface area contributed by atoms with Gasteiger partial charge in [-0.2, -0.15) is 0 Å². The zero-order valence-electron chi connectivity index (χ0n) is 17.0. The monoisotopic (exact) mass is 405 g/mol. The van der Waals surface area contributed by atoms with Gasteiger partial charge in [0.25, 0.3) is 0 Å². The number of hydrogen-bond acceptors (Lipinski definition) is 5. The van der Waals surface area contributed by atoms with E-state index in [-0.39, 0.29) is 12.4 Å². The molecule has 0 atom stereocenters. The van der Waals surface area contributed by atoms with Gasteiger partial charge in [-0.25, -0.2) is 19.3 Å². The van der Waals surface area contributed by atoms with E-state index in [1.165, 1.54) is 12.1 Å². The summed E-state index contributed by atoms with van der Waals surface area (Å²) in [5.41, 5.74) is 4.42. The van der Waals surface area contributed by atoms with Gasteiger partial charge in [-0.15, -0.1) is 0 Å². The maximum Gasteiger partial charge on any atom is 0.223 e. The van der Waals surface area contributed by atoms with Crippen LogP contribution in [0.3, 0.4) is 0 Å². The molecule has 1 aromatic carbocycles. The van der Waals surface area contributed by atoms with Gasteiger partial charge >= 0.3 is 0 Å². The van der Waals surface area contributed by atoms with Crippen LogP contribution in [0.15, 0.2) is 54.9 Å². The third kappa shape index (κ3) is 4.16. The van der Waals surface area contributed by atoms with Crippen LogP contribution < -0.4 is 5.32 Å². The number of hydrogen-bond donors (Lipinski definition) is 2. The molecule has 0 radical (unpaired) electrons. The van der Waals surface area contributed by atoms with Gasteiger partial charge in [-0.1, -0.05) is 13.8 Å². The molecule has 4 rings (SSSR count). The number of imidazole rings is 1. The Balaban J connectivity index is 1.82. The average Bonchev–Trinajstić information content (AvgIpc) is 3.12. The molecule has 0 fully saturated rings. The third-order valence-electron chi connectivity index (χ3n) is 4.89. The molecule has 0 spiro atoms. The molecular weight excluding hydrogens is 381 g/mol. The Hall–Kier alpha value is -3.32. The molecule has 0 aliphatic heterocycles. The number of nitrogens with zero attached hydrogens (tertiary/aromatic N) is 4. The van der Waals surface area contributed by atoms with Crippen LogP contribution in [0.2, 0.25) is 0 Å². The van der Waals surface area contributed by atoms with E-state index < -0.39 is 0 Å². The molecule has 154 valence electrons. The van der Waals surface area contributed by atoms with Crippen molar-refractivity contribution in [3.8, 4) is 22.6 Å². The maximum absolute atomic E-state index is 13.5. The molecule has 0 saturated carbocycles. The Morgan fingerprint density at radius 3 is 2.63 bits per heavy atom. The Morgan fingerprint density at radius 1 is 1.10 bits per heavy atom. The van der Waals surface area contributed by atoms with Crippen molar-refractivity contribution >= 4 is 11.6 Å². The molecule has 0 saturated heterocycles. The highest BCUT2D eigenvalue weighted by Gasteiger charge is 2.18. The van der Waals surface area contributed by atoms with Crippen molar-refractivity contribution in [2.24, 2.45) is 5.92 Å². The van der Waals surface area contributed by atoms with E-state index in [9.17, 15) is 9.50 Å². The molecule has 2 N–H and O–H groups in total. The van der Waals surface area contributed by atoms with Gasteiger partial charge in [0, 0.05) is 24.5 Å². The van der Waals surface area contributed by atoms with Crippen LogP contribution in [-0.4, -0.2) is 31.0 Å². The van der Waals surface area contributed by atoms with Crippen LogP contribution in [0.1, 0.15) is 25.8 Å². The summed E-state index contributed by atoms with van der Waals surface area (Å²) in [7, 11) is 0. The van der Waals surface area contributed by atoms with Gasteiger partial charge in [0.1, 0.15) is 11.5 Å². The molecule has 6 nitrogen and oxygen atoms in total. The molecule has 7 heteroatoms. The zero-order chi connectivity index (χ0) is 21.1. The highest BCUT2D eigenvalue weighted by molar-refractivity contribution is 5.80. The predicted molar refractivity (Wildman–Crippen MR) is 115 cm³/mol. The van der Waals surface area contributed by atoms with Gasteiger partial charge < -0.3 is 10.4 Å².